The Labute approximate surface area is 247 Å². The van der Waals surface area contributed by atoms with Gasteiger partial charge < -0.3 is 4.74 Å². The van der Waals surface area contributed by atoms with Crippen molar-refractivity contribution >= 4 is 74.7 Å². The summed E-state index contributed by atoms with van der Waals surface area (Å²) in [5.74, 6) is 0.510. The molecular weight excluding hydrogens is 638 g/mol. The number of amides is 1. The van der Waals surface area contributed by atoms with Gasteiger partial charge >= 0.3 is 0 Å². The van der Waals surface area contributed by atoms with Crippen molar-refractivity contribution in [2.45, 2.75) is 82.9 Å². The number of amidine groups is 1. The van der Waals surface area contributed by atoms with Crippen molar-refractivity contribution in [2.75, 3.05) is 0 Å². The second kappa shape index (κ2) is 12.8. The minimum atomic E-state index is 0.0535. The predicted octanol–water partition coefficient (Wildman–Crippen LogP) is 9.11. The van der Waals surface area contributed by atoms with E-state index >= 15 is 0 Å². The van der Waals surface area contributed by atoms with E-state index in [0.717, 1.165) is 42.0 Å². The number of carbonyl (C=O) groups is 1. The third-order valence-corrected chi connectivity index (χ3v) is 9.54. The van der Waals surface area contributed by atoms with Gasteiger partial charge in [-0.15, -0.1) is 0 Å². The Morgan fingerprint density at radius 3 is 2.24 bits per heavy atom. The van der Waals surface area contributed by atoms with E-state index in [0.29, 0.717) is 33.3 Å². The van der Waals surface area contributed by atoms with Crippen molar-refractivity contribution in [2.24, 2.45) is 4.99 Å². The fourth-order valence-electron chi connectivity index (χ4n) is 5.29. The molecule has 37 heavy (non-hydrogen) atoms. The molecule has 3 aliphatic rings. The number of ether oxygens (including phenoxy) is 1. The number of rotatable bonds is 6. The topological polar surface area (TPSA) is 41.9 Å². The zero-order valence-electron chi connectivity index (χ0n) is 20.7. The summed E-state index contributed by atoms with van der Waals surface area (Å²) in [4.78, 5) is 21.4. The molecular formula is C29H31Cl2IN2O2S. The van der Waals surface area contributed by atoms with Gasteiger partial charge in [0.2, 0.25) is 0 Å². The fourth-order valence-corrected chi connectivity index (χ4v) is 7.37. The molecule has 0 bridgehead atoms. The normalized spacial score (nSPS) is 21.8. The number of carbonyl (C=O) groups excluding carboxylic acids is 1. The Morgan fingerprint density at radius 1 is 0.973 bits per heavy atom. The molecule has 1 saturated heterocycles. The molecule has 2 aromatic rings. The first-order valence-electron chi connectivity index (χ1n) is 13.1. The van der Waals surface area contributed by atoms with Gasteiger partial charge in [-0.25, -0.2) is 0 Å². The molecule has 0 radical (unpaired) electrons. The molecule has 1 amide bonds. The lowest BCUT2D eigenvalue weighted by atomic mass is 9.94. The maximum absolute atomic E-state index is 13.6. The molecule has 196 valence electrons. The van der Waals surface area contributed by atoms with Crippen LogP contribution < -0.4 is 4.74 Å². The van der Waals surface area contributed by atoms with Crippen LogP contribution in [-0.2, 0) is 11.4 Å². The summed E-state index contributed by atoms with van der Waals surface area (Å²) in [6, 6.07) is 12.3. The zero-order valence-corrected chi connectivity index (χ0v) is 25.2. The van der Waals surface area contributed by atoms with Gasteiger partial charge in [0.05, 0.1) is 21.0 Å². The van der Waals surface area contributed by atoms with E-state index in [-0.39, 0.29) is 11.9 Å². The first-order chi connectivity index (χ1) is 18.0. The predicted molar refractivity (Wildman–Crippen MR) is 164 cm³/mol. The van der Waals surface area contributed by atoms with Crippen molar-refractivity contribution < 1.29 is 9.53 Å². The monoisotopic (exact) mass is 668 g/mol. The van der Waals surface area contributed by atoms with E-state index in [1.54, 1.807) is 0 Å². The standard InChI is InChI=1S/C29H31Cl2IN2O2S/c30-24-15-20(16-25(31)27(24)36-18-19-11-13-21(32)14-12-19)17-26-28(35)34(23-9-5-2-6-10-23)29(37-26)33-22-7-3-1-4-8-22/h11-17,22-23H,1-10,18H2. The molecule has 1 aliphatic heterocycles. The van der Waals surface area contributed by atoms with Crippen LogP contribution in [0.2, 0.25) is 10.0 Å². The Bertz CT molecular complexity index is 1170. The van der Waals surface area contributed by atoms with Crippen molar-refractivity contribution in [1.82, 2.24) is 4.90 Å². The van der Waals surface area contributed by atoms with Crippen LogP contribution in [0.1, 0.15) is 75.3 Å². The Kier molecular flexibility index (Phi) is 9.43. The van der Waals surface area contributed by atoms with Gasteiger partial charge in [-0.3, -0.25) is 14.7 Å². The molecule has 0 aromatic heterocycles. The molecule has 4 nitrogen and oxygen atoms in total. The molecule has 0 atom stereocenters. The summed E-state index contributed by atoms with van der Waals surface area (Å²) in [5, 5.41) is 1.74. The molecule has 8 heteroatoms. The molecule has 0 N–H and O–H groups in total. The van der Waals surface area contributed by atoms with Crippen LogP contribution in [0.5, 0.6) is 5.75 Å². The third kappa shape index (κ3) is 6.87. The van der Waals surface area contributed by atoms with Gasteiger partial charge in [-0.2, -0.15) is 0 Å². The van der Waals surface area contributed by atoms with E-state index in [4.69, 9.17) is 32.9 Å². The Balaban J connectivity index is 1.37. The summed E-state index contributed by atoms with van der Waals surface area (Å²) < 4.78 is 7.12. The van der Waals surface area contributed by atoms with E-state index in [9.17, 15) is 4.79 Å². The van der Waals surface area contributed by atoms with Crippen molar-refractivity contribution in [1.29, 1.82) is 0 Å². The highest BCUT2D eigenvalue weighted by molar-refractivity contribution is 14.1. The van der Waals surface area contributed by atoms with E-state index in [1.165, 1.54) is 53.9 Å². The minimum absolute atomic E-state index is 0.0535. The second-order valence-electron chi connectivity index (χ2n) is 10.0. The second-order valence-corrected chi connectivity index (χ2v) is 13.1. The molecule has 5 rings (SSSR count). The highest BCUT2D eigenvalue weighted by Crippen LogP contribution is 2.40. The molecule has 2 aromatic carbocycles. The summed E-state index contributed by atoms with van der Waals surface area (Å²) in [6.07, 6.45) is 13.6. The van der Waals surface area contributed by atoms with Crippen molar-refractivity contribution in [3.05, 3.63) is 66.0 Å². The number of benzene rings is 2. The van der Waals surface area contributed by atoms with Gasteiger partial charge in [0.1, 0.15) is 6.61 Å². The lowest BCUT2D eigenvalue weighted by Gasteiger charge is -2.31. The number of hydrogen-bond donors (Lipinski definition) is 0. The molecule has 0 unspecified atom stereocenters. The van der Waals surface area contributed by atoms with Crippen LogP contribution in [0.15, 0.2) is 46.3 Å². The quantitative estimate of drug-likeness (QED) is 0.228. The maximum atomic E-state index is 13.6. The summed E-state index contributed by atoms with van der Waals surface area (Å²) in [7, 11) is 0. The number of halogens is 3. The van der Waals surface area contributed by atoms with Crippen LogP contribution in [0.25, 0.3) is 6.08 Å². The highest BCUT2D eigenvalue weighted by Gasteiger charge is 2.39. The van der Waals surface area contributed by atoms with Crippen LogP contribution in [0.3, 0.4) is 0 Å². The van der Waals surface area contributed by atoms with Crippen LogP contribution in [-0.4, -0.2) is 28.1 Å². The van der Waals surface area contributed by atoms with Crippen molar-refractivity contribution in [3.8, 4) is 5.75 Å². The molecule has 2 saturated carbocycles. The largest absolute Gasteiger partial charge is 0.486 e. The lowest BCUT2D eigenvalue weighted by Crippen LogP contribution is -2.41. The number of aliphatic imine (C=N–C) groups is 1. The van der Waals surface area contributed by atoms with E-state index in [2.05, 4.69) is 22.6 Å². The van der Waals surface area contributed by atoms with E-state index in [1.807, 2.05) is 47.4 Å². The highest BCUT2D eigenvalue weighted by atomic mass is 127. The van der Waals surface area contributed by atoms with E-state index < -0.39 is 0 Å². The molecule has 0 spiro atoms. The summed E-state index contributed by atoms with van der Waals surface area (Å²) in [6.45, 7) is 0.377. The molecule has 3 fully saturated rings. The zero-order chi connectivity index (χ0) is 25.8. The number of nitrogens with zero attached hydrogens (tertiary/aromatic N) is 2. The number of hydrogen-bond acceptors (Lipinski definition) is 4. The van der Waals surface area contributed by atoms with Gasteiger partial charge in [0, 0.05) is 9.61 Å². The summed E-state index contributed by atoms with van der Waals surface area (Å²) in [5.41, 5.74) is 1.83. The van der Waals surface area contributed by atoms with Crippen molar-refractivity contribution in [3.63, 3.8) is 0 Å². The average molecular weight is 669 g/mol. The Hall–Kier alpha value is -1.22. The first-order valence-corrected chi connectivity index (χ1v) is 15.8. The van der Waals surface area contributed by atoms with Gasteiger partial charge in [-0.1, -0.05) is 73.9 Å². The SMILES string of the molecule is O=C1C(=Cc2cc(Cl)c(OCc3ccc(I)cc3)c(Cl)c2)SC(=NC2CCCCC2)N1C1CCCCC1. The Morgan fingerprint density at radius 2 is 1.59 bits per heavy atom. The molecule has 1 heterocycles. The third-order valence-electron chi connectivity index (χ3n) is 7.26. The lowest BCUT2D eigenvalue weighted by molar-refractivity contribution is -0.124. The molecule has 2 aliphatic carbocycles. The minimum Gasteiger partial charge on any atom is -0.486 e. The average Bonchev–Trinajstić information content (AvgIpc) is 3.19. The van der Waals surface area contributed by atoms with Gasteiger partial charge in [0.15, 0.2) is 10.9 Å². The van der Waals surface area contributed by atoms with Gasteiger partial charge in [-0.05, 0) is 102 Å². The van der Waals surface area contributed by atoms with Gasteiger partial charge in [0.25, 0.3) is 5.91 Å². The van der Waals surface area contributed by atoms with Crippen LogP contribution >= 0.6 is 57.6 Å². The smallest absolute Gasteiger partial charge is 0.266 e. The van der Waals surface area contributed by atoms with Crippen LogP contribution in [0.4, 0.5) is 0 Å². The summed E-state index contributed by atoms with van der Waals surface area (Å²) >= 11 is 17.0. The fraction of sp³-hybridized carbons (Fsp3) is 0.448. The first kappa shape index (κ1) is 27.4. The maximum Gasteiger partial charge on any atom is 0.266 e. The van der Waals surface area contributed by atoms with Crippen LogP contribution in [0, 0.1) is 3.57 Å². The number of thioether (sulfide) groups is 1.